The number of benzene rings is 2. The summed E-state index contributed by atoms with van der Waals surface area (Å²) in [6.07, 6.45) is 1.80. The van der Waals surface area contributed by atoms with Crippen molar-refractivity contribution in [3.63, 3.8) is 0 Å². The summed E-state index contributed by atoms with van der Waals surface area (Å²) in [4.78, 5) is 2.33. The van der Waals surface area contributed by atoms with Crippen molar-refractivity contribution in [2.24, 2.45) is 5.10 Å². The molecule has 1 saturated heterocycles. The third-order valence-corrected chi connectivity index (χ3v) is 4.79. The molecule has 0 amide bonds. The van der Waals surface area contributed by atoms with E-state index in [9.17, 15) is 0 Å². The fourth-order valence-electron chi connectivity index (χ4n) is 3.09. The van der Waals surface area contributed by atoms with Gasteiger partial charge in [0.2, 0.25) is 5.75 Å². The van der Waals surface area contributed by atoms with E-state index >= 15 is 0 Å². The Balaban J connectivity index is 1.66. The van der Waals surface area contributed by atoms with E-state index in [0.717, 1.165) is 36.8 Å². The maximum absolute atomic E-state index is 5.97. The molecule has 0 N–H and O–H groups in total. The predicted octanol–water partition coefficient (Wildman–Crippen LogP) is 3.52. The van der Waals surface area contributed by atoms with Gasteiger partial charge in [-0.25, -0.2) is 0 Å². The van der Waals surface area contributed by atoms with Crippen LogP contribution in [0, 0.1) is 0 Å². The predicted molar refractivity (Wildman–Crippen MR) is 109 cm³/mol. The number of methoxy groups -OCH3 is 3. The molecule has 2 aromatic carbocycles. The molecule has 0 atom stereocenters. The lowest BCUT2D eigenvalue weighted by Gasteiger charge is -2.34. The van der Waals surface area contributed by atoms with Crippen LogP contribution in [0.2, 0.25) is 5.02 Å². The lowest BCUT2D eigenvalue weighted by Crippen LogP contribution is -2.44. The maximum atomic E-state index is 5.97. The van der Waals surface area contributed by atoms with Gasteiger partial charge in [-0.05, 0) is 36.4 Å². The number of rotatable bonds is 6. The lowest BCUT2D eigenvalue weighted by atomic mass is 10.2. The number of piperazine rings is 1. The largest absolute Gasteiger partial charge is 0.493 e. The van der Waals surface area contributed by atoms with Gasteiger partial charge in [-0.1, -0.05) is 11.6 Å². The molecule has 1 fully saturated rings. The summed E-state index contributed by atoms with van der Waals surface area (Å²) in [7, 11) is 4.81. The third kappa shape index (κ3) is 4.39. The minimum atomic E-state index is 0.566. The highest BCUT2D eigenvalue weighted by Crippen LogP contribution is 2.39. The van der Waals surface area contributed by atoms with Crippen LogP contribution in [0.4, 0.5) is 5.69 Å². The number of hydrogen-bond donors (Lipinski definition) is 0. The van der Waals surface area contributed by atoms with Crippen LogP contribution < -0.4 is 19.1 Å². The molecule has 7 heteroatoms. The van der Waals surface area contributed by atoms with Crippen molar-refractivity contribution >= 4 is 23.5 Å². The summed E-state index contributed by atoms with van der Waals surface area (Å²) in [5, 5.41) is 7.43. The van der Waals surface area contributed by atoms with Gasteiger partial charge in [0.1, 0.15) is 0 Å². The van der Waals surface area contributed by atoms with Crippen LogP contribution in [0.1, 0.15) is 5.56 Å². The molecule has 2 aromatic rings. The van der Waals surface area contributed by atoms with Crippen molar-refractivity contribution in [3.8, 4) is 17.2 Å². The molecule has 1 aliphatic heterocycles. The van der Waals surface area contributed by atoms with E-state index in [1.165, 1.54) is 5.69 Å². The molecule has 144 valence electrons. The normalized spacial score (nSPS) is 14.5. The average molecular weight is 390 g/mol. The average Bonchev–Trinajstić information content (AvgIpc) is 2.72. The van der Waals surface area contributed by atoms with Gasteiger partial charge in [-0.15, -0.1) is 0 Å². The van der Waals surface area contributed by atoms with Crippen LogP contribution in [0.15, 0.2) is 41.5 Å². The molecule has 0 radical (unpaired) electrons. The highest BCUT2D eigenvalue weighted by atomic mass is 35.5. The van der Waals surface area contributed by atoms with Crippen molar-refractivity contribution in [2.45, 2.75) is 0 Å². The van der Waals surface area contributed by atoms with Crippen molar-refractivity contribution in [1.82, 2.24) is 5.01 Å². The molecular formula is C20H24ClN3O3. The quantitative estimate of drug-likeness (QED) is 0.707. The monoisotopic (exact) mass is 389 g/mol. The van der Waals surface area contributed by atoms with Gasteiger partial charge in [0, 0.05) is 29.4 Å². The number of anilines is 1. The summed E-state index contributed by atoms with van der Waals surface area (Å²) in [5.74, 6) is 1.81. The standard InChI is InChI=1S/C20H24ClN3O3/c1-25-18-9-4-15(19(26-2)20(18)27-3)14-22-24-12-10-23(11-13-24)17-7-5-16(21)6-8-17/h4-9,14H,10-13H2,1-3H3. The van der Waals surface area contributed by atoms with Crippen LogP contribution in [0.3, 0.4) is 0 Å². The van der Waals surface area contributed by atoms with E-state index < -0.39 is 0 Å². The van der Waals surface area contributed by atoms with E-state index in [4.69, 9.17) is 25.8 Å². The van der Waals surface area contributed by atoms with Crippen LogP contribution in [-0.4, -0.2) is 58.7 Å². The topological polar surface area (TPSA) is 46.5 Å². The molecule has 27 heavy (non-hydrogen) atoms. The highest BCUT2D eigenvalue weighted by molar-refractivity contribution is 6.30. The summed E-state index contributed by atoms with van der Waals surface area (Å²) in [6.45, 7) is 3.49. The summed E-state index contributed by atoms with van der Waals surface area (Å²) < 4.78 is 16.2. The van der Waals surface area contributed by atoms with Gasteiger partial charge in [0.05, 0.1) is 40.6 Å². The second-order valence-electron chi connectivity index (χ2n) is 6.09. The fraction of sp³-hybridized carbons (Fsp3) is 0.350. The second kappa shape index (κ2) is 8.86. The second-order valence-corrected chi connectivity index (χ2v) is 6.52. The minimum Gasteiger partial charge on any atom is -0.493 e. The van der Waals surface area contributed by atoms with Crippen LogP contribution in [0.25, 0.3) is 0 Å². The van der Waals surface area contributed by atoms with Gasteiger partial charge < -0.3 is 19.1 Å². The first-order valence-corrected chi connectivity index (χ1v) is 9.12. The number of hydrazone groups is 1. The van der Waals surface area contributed by atoms with E-state index in [1.54, 1.807) is 27.5 Å². The SMILES string of the molecule is COc1ccc(C=NN2CCN(c3ccc(Cl)cc3)CC2)c(OC)c1OC. The van der Waals surface area contributed by atoms with E-state index in [1.807, 2.05) is 24.3 Å². The van der Waals surface area contributed by atoms with Crippen molar-refractivity contribution < 1.29 is 14.2 Å². The van der Waals surface area contributed by atoms with Crippen LogP contribution in [0.5, 0.6) is 17.2 Å². The minimum absolute atomic E-state index is 0.566. The molecule has 0 unspecified atom stereocenters. The number of ether oxygens (including phenoxy) is 3. The zero-order valence-electron chi connectivity index (χ0n) is 15.8. The zero-order valence-corrected chi connectivity index (χ0v) is 16.6. The molecule has 0 aromatic heterocycles. The Hall–Kier alpha value is -2.60. The molecule has 1 aliphatic rings. The Morgan fingerprint density at radius 1 is 0.852 bits per heavy atom. The number of hydrogen-bond acceptors (Lipinski definition) is 6. The van der Waals surface area contributed by atoms with E-state index in [2.05, 4.69) is 27.1 Å². The smallest absolute Gasteiger partial charge is 0.203 e. The third-order valence-electron chi connectivity index (χ3n) is 4.54. The molecule has 3 rings (SSSR count). The maximum Gasteiger partial charge on any atom is 0.203 e. The molecule has 0 spiro atoms. The van der Waals surface area contributed by atoms with Gasteiger partial charge >= 0.3 is 0 Å². The van der Waals surface area contributed by atoms with Crippen molar-refractivity contribution in [1.29, 1.82) is 0 Å². The van der Waals surface area contributed by atoms with E-state index in [0.29, 0.717) is 17.2 Å². The lowest BCUT2D eigenvalue weighted by molar-refractivity contribution is 0.272. The number of nitrogens with zero attached hydrogens (tertiary/aromatic N) is 3. The zero-order chi connectivity index (χ0) is 19.2. The number of halogens is 1. The Bertz CT molecular complexity index is 788. The summed E-state index contributed by atoms with van der Waals surface area (Å²) in [6, 6.07) is 11.7. The van der Waals surface area contributed by atoms with Crippen LogP contribution in [-0.2, 0) is 0 Å². The van der Waals surface area contributed by atoms with Crippen LogP contribution >= 0.6 is 11.6 Å². The van der Waals surface area contributed by atoms with Crippen molar-refractivity contribution in [3.05, 3.63) is 47.0 Å². The highest BCUT2D eigenvalue weighted by Gasteiger charge is 2.17. The Morgan fingerprint density at radius 2 is 1.52 bits per heavy atom. The molecule has 0 saturated carbocycles. The van der Waals surface area contributed by atoms with Gasteiger partial charge in [0.15, 0.2) is 11.5 Å². The molecule has 1 heterocycles. The molecular weight excluding hydrogens is 366 g/mol. The molecule has 6 nitrogen and oxygen atoms in total. The molecule has 0 aliphatic carbocycles. The first-order valence-electron chi connectivity index (χ1n) is 8.74. The van der Waals surface area contributed by atoms with Gasteiger partial charge in [-0.3, -0.25) is 5.01 Å². The molecule has 0 bridgehead atoms. The fourth-order valence-corrected chi connectivity index (χ4v) is 3.22. The Labute approximate surface area is 164 Å². The summed E-state index contributed by atoms with van der Waals surface area (Å²) in [5.41, 5.74) is 2.03. The van der Waals surface area contributed by atoms with Crippen molar-refractivity contribution in [2.75, 3.05) is 52.4 Å². The first kappa shape index (κ1) is 19.2. The Morgan fingerprint density at radius 3 is 2.11 bits per heavy atom. The van der Waals surface area contributed by atoms with E-state index in [-0.39, 0.29) is 0 Å². The van der Waals surface area contributed by atoms with Gasteiger partial charge in [0.25, 0.3) is 0 Å². The first-order chi connectivity index (χ1) is 13.2. The summed E-state index contributed by atoms with van der Waals surface area (Å²) >= 11 is 5.97. The van der Waals surface area contributed by atoms with Gasteiger partial charge in [-0.2, -0.15) is 5.10 Å². The Kier molecular flexibility index (Phi) is 6.29.